The Morgan fingerprint density at radius 2 is 0.298 bits per heavy atom. The van der Waals surface area contributed by atoms with Crippen LogP contribution in [0.5, 0.6) is 0 Å². The summed E-state index contributed by atoms with van der Waals surface area (Å²) in [5.74, 6) is 0. The Hall–Kier alpha value is -8.91. The first-order chi connectivity index (χ1) is 52.9. The Bertz CT molecular complexity index is 4980. The third-order valence-corrected chi connectivity index (χ3v) is 29.4. The van der Waals surface area contributed by atoms with E-state index in [-0.39, 0.29) is 51.8 Å². The van der Waals surface area contributed by atoms with Gasteiger partial charge < -0.3 is 45.5 Å². The van der Waals surface area contributed by atoms with Crippen LogP contribution < -0.4 is 63.7 Å². The van der Waals surface area contributed by atoms with Crippen LogP contribution in [0.25, 0.3) is 65.3 Å². The van der Waals surface area contributed by atoms with Gasteiger partial charge in [-0.3, -0.25) is 0 Å². The number of halogens is 8. The molecule has 16 aromatic carbocycles. The summed E-state index contributed by atoms with van der Waals surface area (Å²) in [6, 6.07) is 129. The fourth-order valence-electron chi connectivity index (χ4n) is 14.1. The van der Waals surface area contributed by atoms with Crippen molar-refractivity contribution in [1.29, 1.82) is 0 Å². The van der Waals surface area contributed by atoms with E-state index in [2.05, 4.69) is 395 Å². The topological polar surface area (TPSA) is 63.0 Å². The Morgan fingerprint density at radius 3 is 0.430 bits per heavy atom. The Kier molecular flexibility index (Phi) is 30.9. The summed E-state index contributed by atoms with van der Waals surface area (Å²) in [4.78, 5) is 0. The van der Waals surface area contributed by atoms with E-state index in [0.717, 1.165) is 0 Å². The minimum atomic E-state index is -6.00. The van der Waals surface area contributed by atoms with Gasteiger partial charge in [0.05, 0.1) is 0 Å². The van der Waals surface area contributed by atoms with Crippen molar-refractivity contribution >= 4 is 153 Å². The molecular formula is C96H84B2F8O2P4Pd2-2. The fraction of sp³-hybridized carbons (Fsp3) is 0.0833. The molecule has 0 saturated heterocycles. The van der Waals surface area contributed by atoms with E-state index in [1.54, 1.807) is 0 Å². The molecule has 2 nitrogen and oxygen atoms in total. The van der Waals surface area contributed by atoms with E-state index < -0.39 is 46.2 Å². The van der Waals surface area contributed by atoms with Crippen LogP contribution in [0.15, 0.2) is 340 Å². The van der Waals surface area contributed by atoms with Gasteiger partial charge in [-0.2, -0.15) is 0 Å². The zero-order chi connectivity index (χ0) is 77.4. The Balaban J connectivity index is 0.000000226. The van der Waals surface area contributed by atoms with E-state index in [4.69, 9.17) is 0 Å². The van der Waals surface area contributed by atoms with Gasteiger partial charge in [0.1, 0.15) is 0 Å². The van der Waals surface area contributed by atoms with Crippen LogP contribution in [-0.2, 0) is 40.8 Å². The van der Waals surface area contributed by atoms with Crippen LogP contribution in [0.4, 0.5) is 34.5 Å². The third kappa shape index (κ3) is 21.6. The van der Waals surface area contributed by atoms with Crippen molar-refractivity contribution in [2.75, 3.05) is 0 Å². The Morgan fingerprint density at radius 1 is 0.175 bits per heavy atom. The van der Waals surface area contributed by atoms with E-state index >= 15 is 0 Å². The molecule has 0 atom stereocenters. The summed E-state index contributed by atoms with van der Waals surface area (Å²) in [6.45, 7) is 17.4. The largest absolute Gasteiger partial charge is 0.673 e. The zero-order valence-electron chi connectivity index (χ0n) is 63.9. The second kappa shape index (κ2) is 39.6. The first kappa shape index (κ1) is 89.0. The molecular weight excluding hydrogens is 1700 g/mol. The van der Waals surface area contributed by atoms with Gasteiger partial charge in [-0.05, 0) is 216 Å². The average molecular weight is 1780 g/mol. The predicted molar refractivity (Wildman–Crippen MR) is 474 cm³/mol. The van der Waals surface area contributed by atoms with Crippen LogP contribution in [0.2, 0.25) is 0 Å². The van der Waals surface area contributed by atoms with E-state index in [9.17, 15) is 34.5 Å². The summed E-state index contributed by atoms with van der Waals surface area (Å²) in [5, 5.41) is 26.8. The molecule has 0 spiro atoms. The minimum Gasteiger partial charge on any atom is -0.418 e. The monoisotopic (exact) mass is 1780 g/mol. The van der Waals surface area contributed by atoms with Crippen LogP contribution in [0, 0.1) is 55.4 Å². The first-order valence-electron chi connectivity index (χ1n) is 36.5. The van der Waals surface area contributed by atoms with Crippen molar-refractivity contribution in [3.63, 3.8) is 0 Å². The van der Waals surface area contributed by atoms with Gasteiger partial charge in [-0.25, -0.2) is 0 Å². The zero-order valence-corrected chi connectivity index (χ0v) is 70.6. The summed E-state index contributed by atoms with van der Waals surface area (Å²) in [5.41, 5.74) is 15.7. The maximum atomic E-state index is 9.75. The maximum absolute atomic E-state index is 9.75. The standard InChI is InChI=1S/2C48H40P2.2BF4.2H2O.2Pd/c2*1-33-13-23-39(24-14-33)49(40-25-15-34(2)16-26-40)45-31-21-37-9-5-7-11-43(37)47(45)48-44-12-8-6-10-38(44)22-32-46(48)50(41-27-17-35(3)18-28-41)42-29-19-36(4)20-30-42;2*2-1(3,4)5;;;;/h2*5-32H,1-4H3;;;2*1H2;;/q;;2*-1;;;;. The van der Waals surface area contributed by atoms with Gasteiger partial charge in [-0.1, -0.05) is 384 Å². The molecule has 0 bridgehead atoms. The van der Waals surface area contributed by atoms with Crippen molar-refractivity contribution in [3.05, 3.63) is 384 Å². The number of hydrogen-bond acceptors (Lipinski definition) is 0. The first-order valence-corrected chi connectivity index (χ1v) is 41.8. The van der Waals surface area contributed by atoms with E-state index in [0.29, 0.717) is 0 Å². The molecule has 16 aromatic rings. The number of rotatable bonds is 14. The van der Waals surface area contributed by atoms with Crippen molar-refractivity contribution in [2.24, 2.45) is 0 Å². The summed E-state index contributed by atoms with van der Waals surface area (Å²) in [7, 11) is -15.5. The predicted octanol–water partition coefficient (Wildman–Crippen LogP) is 21.8. The molecule has 0 aromatic heterocycles. The molecule has 0 fully saturated rings. The smallest absolute Gasteiger partial charge is 0.418 e. The van der Waals surface area contributed by atoms with Crippen molar-refractivity contribution in [1.82, 2.24) is 0 Å². The van der Waals surface area contributed by atoms with Gasteiger partial charge >= 0.3 is 14.5 Å². The molecule has 0 aliphatic rings. The third-order valence-electron chi connectivity index (χ3n) is 19.4. The molecule has 114 heavy (non-hydrogen) atoms. The molecule has 0 aliphatic heterocycles. The van der Waals surface area contributed by atoms with Gasteiger partial charge in [-0.15, -0.1) is 0 Å². The van der Waals surface area contributed by atoms with Crippen LogP contribution >= 0.6 is 31.7 Å². The second-order valence-electron chi connectivity index (χ2n) is 27.7. The van der Waals surface area contributed by atoms with Crippen molar-refractivity contribution < 1.29 is 86.3 Å². The summed E-state index contributed by atoms with van der Waals surface area (Å²) in [6.07, 6.45) is 0. The molecule has 584 valence electrons. The van der Waals surface area contributed by atoms with Crippen LogP contribution in [-0.4, -0.2) is 25.5 Å². The quantitative estimate of drug-likeness (QED) is 0.0592. The number of benzene rings is 16. The summed E-state index contributed by atoms with van der Waals surface area (Å²) >= 11 is 0. The van der Waals surface area contributed by atoms with Crippen molar-refractivity contribution in [3.8, 4) is 22.3 Å². The van der Waals surface area contributed by atoms with Crippen LogP contribution in [0.1, 0.15) is 44.5 Å². The molecule has 0 amide bonds. The minimum absolute atomic E-state index is 0. The number of fused-ring (bicyclic) bond motifs is 4. The summed E-state index contributed by atoms with van der Waals surface area (Å²) < 4.78 is 78.0. The molecule has 0 heterocycles. The second-order valence-corrected chi connectivity index (χ2v) is 36.5. The van der Waals surface area contributed by atoms with Gasteiger partial charge in [0, 0.05) is 40.8 Å². The van der Waals surface area contributed by atoms with Crippen molar-refractivity contribution in [2.45, 2.75) is 55.4 Å². The molecule has 0 unspecified atom stereocenters. The maximum Gasteiger partial charge on any atom is 0.673 e. The molecule has 0 saturated carbocycles. The number of hydrogen-bond donors (Lipinski definition) is 0. The molecule has 0 radical (unpaired) electrons. The molecule has 18 heteroatoms. The number of aryl methyl sites for hydroxylation is 8. The molecule has 0 aliphatic carbocycles. The molecule has 16 rings (SSSR count). The average Bonchev–Trinajstić information content (AvgIpc) is 0.736. The SMILES string of the molecule is Cc1ccc(P(c2ccc(C)cc2)c2ccc3ccccc3c2-c2c(P(c3ccc(C)cc3)c3ccc(C)cc3)ccc3ccccc23)cc1.Cc1ccc(P(c2ccc(C)cc2)c2ccc3ccccc3c2-c2c(P(c3ccc(C)cc3)c3ccc(C)cc3)ccc3ccccc23)cc1.F[B-](F)(F)F.F[B-](F)(F)F.O.O.[Pd].[Pd]. The van der Waals surface area contributed by atoms with Gasteiger partial charge in [0.2, 0.25) is 0 Å². The van der Waals surface area contributed by atoms with E-state index in [1.165, 1.54) is 174 Å². The van der Waals surface area contributed by atoms with E-state index in [1.807, 2.05) is 0 Å². The van der Waals surface area contributed by atoms with Crippen LogP contribution in [0.3, 0.4) is 0 Å². The molecule has 4 N–H and O–H groups in total. The normalized spacial score (nSPS) is 11.2. The fourth-order valence-corrected chi connectivity index (χ4v) is 23.8. The Labute approximate surface area is 695 Å². The van der Waals surface area contributed by atoms with Gasteiger partial charge in [0.15, 0.2) is 0 Å². The van der Waals surface area contributed by atoms with Gasteiger partial charge in [0.25, 0.3) is 0 Å².